The van der Waals surface area contributed by atoms with Gasteiger partial charge in [0, 0.05) is 26.2 Å². The minimum Gasteiger partial charge on any atom is -0.485 e. The summed E-state index contributed by atoms with van der Waals surface area (Å²) in [5, 5.41) is 0. The number of carbonyl (C=O) groups is 2. The van der Waals surface area contributed by atoms with Crippen LogP contribution in [-0.2, 0) is 20.9 Å². The molecule has 0 saturated carbocycles. The van der Waals surface area contributed by atoms with Crippen molar-refractivity contribution in [3.63, 3.8) is 0 Å². The fourth-order valence-corrected chi connectivity index (χ4v) is 3.66. The summed E-state index contributed by atoms with van der Waals surface area (Å²) in [6.07, 6.45) is 0.157. The molecule has 2 aliphatic rings. The third-order valence-corrected chi connectivity index (χ3v) is 5.28. The number of esters is 1. The van der Waals surface area contributed by atoms with Crippen molar-refractivity contribution in [2.24, 2.45) is 0 Å². The van der Waals surface area contributed by atoms with Gasteiger partial charge < -0.3 is 19.1 Å². The van der Waals surface area contributed by atoms with E-state index in [1.54, 1.807) is 11.0 Å². The van der Waals surface area contributed by atoms with Crippen LogP contribution >= 0.6 is 0 Å². The van der Waals surface area contributed by atoms with Gasteiger partial charge in [-0.3, -0.25) is 14.5 Å². The number of hydrogen-bond acceptors (Lipinski definition) is 6. The summed E-state index contributed by atoms with van der Waals surface area (Å²) < 4.78 is 16.9. The Morgan fingerprint density at radius 3 is 2.53 bits per heavy atom. The van der Waals surface area contributed by atoms with Crippen molar-refractivity contribution in [1.29, 1.82) is 0 Å². The van der Waals surface area contributed by atoms with E-state index >= 15 is 0 Å². The SMILES string of the molecule is O=C(CN1CCCN(C(=O)C2COc3ccccc3O2)CC1)OCc1ccccc1. The number of fused-ring (bicyclic) bond motifs is 1. The Morgan fingerprint density at radius 1 is 0.933 bits per heavy atom. The Labute approximate surface area is 176 Å². The van der Waals surface area contributed by atoms with Gasteiger partial charge in [-0.05, 0) is 24.1 Å². The highest BCUT2D eigenvalue weighted by molar-refractivity contribution is 5.82. The van der Waals surface area contributed by atoms with E-state index in [1.165, 1.54) is 0 Å². The minimum absolute atomic E-state index is 0.0713. The predicted molar refractivity (Wildman–Crippen MR) is 110 cm³/mol. The molecule has 0 radical (unpaired) electrons. The molecular weight excluding hydrogens is 384 g/mol. The van der Waals surface area contributed by atoms with E-state index in [0.29, 0.717) is 31.1 Å². The predicted octanol–water partition coefficient (Wildman–Crippen LogP) is 2.10. The quantitative estimate of drug-likeness (QED) is 0.704. The summed E-state index contributed by atoms with van der Waals surface area (Å²) in [7, 11) is 0. The lowest BCUT2D eigenvalue weighted by molar-refractivity contribution is -0.146. The van der Waals surface area contributed by atoms with Crippen molar-refractivity contribution in [2.75, 3.05) is 39.3 Å². The van der Waals surface area contributed by atoms with E-state index < -0.39 is 6.10 Å². The van der Waals surface area contributed by atoms with Crippen LogP contribution in [0.15, 0.2) is 54.6 Å². The molecule has 158 valence electrons. The van der Waals surface area contributed by atoms with Gasteiger partial charge in [0.1, 0.15) is 13.2 Å². The van der Waals surface area contributed by atoms with Gasteiger partial charge in [-0.25, -0.2) is 0 Å². The Morgan fingerprint density at radius 2 is 1.70 bits per heavy atom. The molecule has 0 N–H and O–H groups in total. The molecule has 0 spiro atoms. The molecule has 30 heavy (non-hydrogen) atoms. The third-order valence-electron chi connectivity index (χ3n) is 5.28. The first-order valence-corrected chi connectivity index (χ1v) is 10.3. The van der Waals surface area contributed by atoms with Crippen LogP contribution in [0.5, 0.6) is 11.5 Å². The molecule has 2 heterocycles. The Hall–Kier alpha value is -3.06. The number of nitrogens with zero attached hydrogens (tertiary/aromatic N) is 2. The van der Waals surface area contributed by atoms with Gasteiger partial charge in [0.2, 0.25) is 6.10 Å². The molecule has 1 saturated heterocycles. The lowest BCUT2D eigenvalue weighted by atomic mass is 10.2. The average Bonchev–Trinajstić information content (AvgIpc) is 3.03. The van der Waals surface area contributed by atoms with Gasteiger partial charge in [-0.15, -0.1) is 0 Å². The van der Waals surface area contributed by atoms with E-state index in [1.807, 2.05) is 53.4 Å². The zero-order chi connectivity index (χ0) is 20.8. The average molecular weight is 410 g/mol. The second-order valence-electron chi connectivity index (χ2n) is 7.47. The summed E-state index contributed by atoms with van der Waals surface area (Å²) in [6.45, 7) is 3.26. The van der Waals surface area contributed by atoms with E-state index in [-0.39, 0.29) is 31.6 Å². The highest BCUT2D eigenvalue weighted by Gasteiger charge is 2.32. The van der Waals surface area contributed by atoms with Crippen molar-refractivity contribution in [3.8, 4) is 11.5 Å². The Kier molecular flexibility index (Phi) is 6.49. The fraction of sp³-hybridized carbons (Fsp3) is 0.391. The van der Waals surface area contributed by atoms with Crippen LogP contribution in [0.4, 0.5) is 0 Å². The van der Waals surface area contributed by atoms with Crippen LogP contribution in [0.2, 0.25) is 0 Å². The van der Waals surface area contributed by atoms with Crippen molar-refractivity contribution >= 4 is 11.9 Å². The topological polar surface area (TPSA) is 68.3 Å². The monoisotopic (exact) mass is 410 g/mol. The lowest BCUT2D eigenvalue weighted by Gasteiger charge is -2.30. The smallest absolute Gasteiger partial charge is 0.320 e. The van der Waals surface area contributed by atoms with Crippen LogP contribution in [-0.4, -0.2) is 67.1 Å². The maximum atomic E-state index is 12.9. The summed E-state index contributed by atoms with van der Waals surface area (Å²) in [6, 6.07) is 17.0. The Balaban J connectivity index is 1.25. The largest absolute Gasteiger partial charge is 0.485 e. The van der Waals surface area contributed by atoms with Gasteiger partial charge in [0.25, 0.3) is 5.91 Å². The molecule has 2 aromatic carbocycles. The summed E-state index contributed by atoms with van der Waals surface area (Å²) >= 11 is 0. The molecule has 7 nitrogen and oxygen atoms in total. The molecule has 0 bridgehead atoms. The fourth-order valence-electron chi connectivity index (χ4n) is 3.66. The molecule has 1 atom stereocenters. The van der Waals surface area contributed by atoms with E-state index in [4.69, 9.17) is 14.2 Å². The molecule has 1 unspecified atom stereocenters. The molecule has 2 aliphatic heterocycles. The molecule has 1 fully saturated rings. The minimum atomic E-state index is -0.637. The van der Waals surface area contributed by atoms with Gasteiger partial charge in [-0.1, -0.05) is 42.5 Å². The number of carbonyl (C=O) groups excluding carboxylic acids is 2. The van der Waals surface area contributed by atoms with Gasteiger partial charge >= 0.3 is 5.97 Å². The molecular formula is C23H26N2O5. The van der Waals surface area contributed by atoms with E-state index in [2.05, 4.69) is 0 Å². The summed E-state index contributed by atoms with van der Waals surface area (Å²) in [5.74, 6) is 0.939. The van der Waals surface area contributed by atoms with Gasteiger partial charge in [0.15, 0.2) is 11.5 Å². The normalized spacial score (nSPS) is 19.1. The number of amides is 1. The van der Waals surface area contributed by atoms with E-state index in [9.17, 15) is 9.59 Å². The summed E-state index contributed by atoms with van der Waals surface area (Å²) in [5.41, 5.74) is 0.967. The standard InChI is InChI=1S/C23H26N2O5/c26-22(29-16-18-7-2-1-3-8-18)15-24-11-6-12-25(14-13-24)23(27)21-17-28-19-9-4-5-10-20(19)30-21/h1-5,7-10,21H,6,11-17H2. The van der Waals surface area contributed by atoms with Crippen LogP contribution in [0.1, 0.15) is 12.0 Å². The van der Waals surface area contributed by atoms with Crippen LogP contribution in [0.3, 0.4) is 0 Å². The zero-order valence-electron chi connectivity index (χ0n) is 16.9. The van der Waals surface area contributed by atoms with Crippen molar-refractivity contribution < 1.29 is 23.8 Å². The van der Waals surface area contributed by atoms with Crippen molar-refractivity contribution in [3.05, 3.63) is 60.2 Å². The number of para-hydroxylation sites is 2. The molecule has 2 aromatic rings. The lowest BCUT2D eigenvalue weighted by Crippen LogP contribution is -2.47. The molecule has 0 aliphatic carbocycles. The number of benzene rings is 2. The van der Waals surface area contributed by atoms with Gasteiger partial charge in [0.05, 0.1) is 6.54 Å². The first kappa shape index (κ1) is 20.2. The maximum absolute atomic E-state index is 12.9. The number of ether oxygens (including phenoxy) is 3. The van der Waals surface area contributed by atoms with Crippen LogP contribution < -0.4 is 9.47 Å². The second-order valence-corrected chi connectivity index (χ2v) is 7.47. The van der Waals surface area contributed by atoms with Crippen molar-refractivity contribution in [1.82, 2.24) is 9.80 Å². The maximum Gasteiger partial charge on any atom is 0.320 e. The highest BCUT2D eigenvalue weighted by atomic mass is 16.6. The molecule has 7 heteroatoms. The molecule has 1 amide bonds. The van der Waals surface area contributed by atoms with E-state index in [0.717, 1.165) is 18.5 Å². The third kappa shape index (κ3) is 5.10. The summed E-state index contributed by atoms with van der Waals surface area (Å²) in [4.78, 5) is 28.9. The Bertz CT molecular complexity index is 873. The second kappa shape index (κ2) is 9.63. The number of hydrogen-bond donors (Lipinski definition) is 0. The highest BCUT2D eigenvalue weighted by Crippen LogP contribution is 2.31. The number of rotatable bonds is 5. The van der Waals surface area contributed by atoms with Gasteiger partial charge in [-0.2, -0.15) is 0 Å². The first-order chi connectivity index (χ1) is 14.7. The van der Waals surface area contributed by atoms with Crippen molar-refractivity contribution in [2.45, 2.75) is 19.1 Å². The zero-order valence-corrected chi connectivity index (χ0v) is 16.9. The molecule has 4 rings (SSSR count). The molecule has 0 aromatic heterocycles. The first-order valence-electron chi connectivity index (χ1n) is 10.3. The van der Waals surface area contributed by atoms with Crippen LogP contribution in [0.25, 0.3) is 0 Å². The van der Waals surface area contributed by atoms with Crippen LogP contribution in [0, 0.1) is 0 Å².